The number of carbonyl (C=O) groups is 2. The lowest BCUT2D eigenvalue weighted by Gasteiger charge is -2.29. The maximum atomic E-state index is 12.2. The fourth-order valence-electron chi connectivity index (χ4n) is 2.70. The minimum absolute atomic E-state index is 0.0658. The van der Waals surface area contributed by atoms with Crippen LogP contribution in [0.4, 0.5) is 0 Å². The number of primary amides is 1. The third kappa shape index (κ3) is 5.70. The van der Waals surface area contributed by atoms with Gasteiger partial charge in [0.25, 0.3) is 5.91 Å². The summed E-state index contributed by atoms with van der Waals surface area (Å²) in [5.41, 5.74) is 5.76. The molecule has 1 fully saturated rings. The van der Waals surface area contributed by atoms with Gasteiger partial charge in [-0.15, -0.1) is 0 Å². The molecule has 1 aliphatic rings. The molecule has 0 spiro atoms. The first-order valence-corrected chi connectivity index (χ1v) is 10.1. The van der Waals surface area contributed by atoms with Crippen molar-refractivity contribution in [3.05, 3.63) is 29.8 Å². The molecule has 0 aliphatic carbocycles. The van der Waals surface area contributed by atoms with E-state index in [0.29, 0.717) is 31.7 Å². The molecule has 0 aromatic heterocycles. The van der Waals surface area contributed by atoms with Crippen molar-refractivity contribution in [3.63, 3.8) is 0 Å². The van der Waals surface area contributed by atoms with Gasteiger partial charge in [0.1, 0.15) is 12.4 Å². The topological polar surface area (TPSA) is 116 Å². The number of rotatable bonds is 8. The summed E-state index contributed by atoms with van der Waals surface area (Å²) < 4.78 is 35.7. The van der Waals surface area contributed by atoms with Crippen molar-refractivity contribution in [2.24, 2.45) is 11.7 Å². The molecule has 0 bridgehead atoms. The molecule has 0 unspecified atom stereocenters. The largest absolute Gasteiger partial charge is 0.484 e. The second kappa shape index (κ2) is 9.00. The second-order valence-electron chi connectivity index (χ2n) is 6.08. The Bertz CT molecular complexity index is 741. The zero-order valence-corrected chi connectivity index (χ0v) is 15.5. The van der Waals surface area contributed by atoms with E-state index in [1.54, 1.807) is 31.2 Å². The molecule has 9 heteroatoms. The molecule has 1 aromatic rings. The summed E-state index contributed by atoms with van der Waals surface area (Å²) in [7, 11) is -3.21. The average molecular weight is 384 g/mol. The van der Waals surface area contributed by atoms with Gasteiger partial charge in [0.05, 0.1) is 11.7 Å². The van der Waals surface area contributed by atoms with Gasteiger partial charge in [-0.25, -0.2) is 12.7 Å². The Hall–Kier alpha value is -2.13. The maximum Gasteiger partial charge on any atom is 0.309 e. The number of amides is 1. The lowest BCUT2D eigenvalue weighted by atomic mass is 9.98. The van der Waals surface area contributed by atoms with Crippen LogP contribution in [0.2, 0.25) is 0 Å². The normalized spacial score (nSPS) is 16.2. The first kappa shape index (κ1) is 20.2. The van der Waals surface area contributed by atoms with Crippen molar-refractivity contribution < 1.29 is 27.5 Å². The van der Waals surface area contributed by atoms with Crippen LogP contribution in [-0.4, -0.2) is 50.0 Å². The number of piperidine rings is 1. The number of carbonyl (C=O) groups excluding carboxylic acids is 2. The van der Waals surface area contributed by atoms with E-state index in [9.17, 15) is 18.0 Å². The highest BCUT2D eigenvalue weighted by molar-refractivity contribution is 7.89. The van der Waals surface area contributed by atoms with Crippen molar-refractivity contribution in [2.45, 2.75) is 26.4 Å². The first-order chi connectivity index (χ1) is 12.3. The van der Waals surface area contributed by atoms with E-state index in [0.717, 1.165) is 5.56 Å². The Morgan fingerprint density at radius 1 is 1.27 bits per heavy atom. The number of ether oxygens (including phenoxy) is 2. The van der Waals surface area contributed by atoms with Crippen LogP contribution in [-0.2, 0) is 31.0 Å². The summed E-state index contributed by atoms with van der Waals surface area (Å²) in [5, 5.41) is 0. The highest BCUT2D eigenvalue weighted by Crippen LogP contribution is 2.22. The minimum atomic E-state index is -3.21. The number of sulfonamides is 1. The van der Waals surface area contributed by atoms with Gasteiger partial charge in [-0.3, -0.25) is 9.59 Å². The van der Waals surface area contributed by atoms with Gasteiger partial charge in [0, 0.05) is 13.1 Å². The predicted octanol–water partition coefficient (Wildman–Crippen LogP) is 0.656. The van der Waals surface area contributed by atoms with E-state index in [1.807, 2.05) is 0 Å². The third-order valence-electron chi connectivity index (χ3n) is 4.21. The summed E-state index contributed by atoms with van der Waals surface area (Å²) in [6.45, 7) is 2.15. The van der Waals surface area contributed by atoms with E-state index in [2.05, 4.69) is 0 Å². The standard InChI is InChI=1S/C17H24N2O6S/c1-2-26(22,23)19-8-6-14(7-9-19)17(21)25-11-13-4-3-5-15(10-13)24-12-16(18)20/h3-5,10,14H,2,6-9,11-12H2,1H3,(H2,18,20). The summed E-state index contributed by atoms with van der Waals surface area (Å²) in [6.07, 6.45) is 0.916. The van der Waals surface area contributed by atoms with Crippen LogP contribution in [0.5, 0.6) is 5.75 Å². The summed E-state index contributed by atoms with van der Waals surface area (Å²) in [5.74, 6) is -0.667. The van der Waals surface area contributed by atoms with E-state index in [4.69, 9.17) is 15.2 Å². The SMILES string of the molecule is CCS(=O)(=O)N1CCC(C(=O)OCc2cccc(OCC(N)=O)c2)CC1. The van der Waals surface area contributed by atoms with Crippen LogP contribution in [0.1, 0.15) is 25.3 Å². The molecule has 2 N–H and O–H groups in total. The van der Waals surface area contributed by atoms with Gasteiger partial charge in [-0.1, -0.05) is 12.1 Å². The van der Waals surface area contributed by atoms with Crippen molar-refractivity contribution in [3.8, 4) is 5.75 Å². The zero-order valence-electron chi connectivity index (χ0n) is 14.7. The van der Waals surface area contributed by atoms with E-state index in [1.165, 1.54) is 4.31 Å². The van der Waals surface area contributed by atoms with Crippen LogP contribution in [0, 0.1) is 5.92 Å². The summed E-state index contributed by atoms with van der Waals surface area (Å²) in [4.78, 5) is 23.0. The highest BCUT2D eigenvalue weighted by Gasteiger charge is 2.30. The van der Waals surface area contributed by atoms with Gasteiger partial charge in [-0.05, 0) is 37.5 Å². The molecule has 8 nitrogen and oxygen atoms in total. The van der Waals surface area contributed by atoms with Crippen molar-refractivity contribution >= 4 is 21.9 Å². The predicted molar refractivity (Wildman–Crippen MR) is 94.7 cm³/mol. The lowest BCUT2D eigenvalue weighted by molar-refractivity contribution is -0.151. The minimum Gasteiger partial charge on any atom is -0.484 e. The Morgan fingerprint density at radius 3 is 2.58 bits per heavy atom. The Labute approximate surface area is 153 Å². The third-order valence-corrected chi connectivity index (χ3v) is 6.09. The molecule has 1 amide bonds. The van der Waals surface area contributed by atoms with E-state index >= 15 is 0 Å². The van der Waals surface area contributed by atoms with Crippen LogP contribution in [0.3, 0.4) is 0 Å². The van der Waals surface area contributed by atoms with E-state index < -0.39 is 15.9 Å². The smallest absolute Gasteiger partial charge is 0.309 e. The van der Waals surface area contributed by atoms with Crippen LogP contribution in [0.25, 0.3) is 0 Å². The molecule has 1 aliphatic heterocycles. The van der Waals surface area contributed by atoms with Crippen molar-refractivity contribution in [1.82, 2.24) is 4.31 Å². The molecule has 1 saturated heterocycles. The molecule has 26 heavy (non-hydrogen) atoms. The Morgan fingerprint density at radius 2 is 1.96 bits per heavy atom. The molecule has 144 valence electrons. The monoisotopic (exact) mass is 384 g/mol. The number of hydrogen-bond donors (Lipinski definition) is 1. The molecule has 1 aromatic carbocycles. The Balaban J connectivity index is 1.82. The highest BCUT2D eigenvalue weighted by atomic mass is 32.2. The van der Waals surface area contributed by atoms with Gasteiger partial charge in [0.15, 0.2) is 6.61 Å². The molecule has 1 heterocycles. The number of nitrogens with two attached hydrogens (primary N) is 1. The molecule has 2 rings (SSSR count). The van der Waals surface area contributed by atoms with Crippen LogP contribution < -0.4 is 10.5 Å². The van der Waals surface area contributed by atoms with Gasteiger partial charge >= 0.3 is 5.97 Å². The van der Waals surface area contributed by atoms with Crippen molar-refractivity contribution in [2.75, 3.05) is 25.4 Å². The van der Waals surface area contributed by atoms with E-state index in [-0.39, 0.29) is 30.9 Å². The fraction of sp³-hybridized carbons (Fsp3) is 0.529. The second-order valence-corrected chi connectivity index (χ2v) is 8.34. The number of hydrogen-bond acceptors (Lipinski definition) is 6. The van der Waals surface area contributed by atoms with Gasteiger partial charge < -0.3 is 15.2 Å². The van der Waals surface area contributed by atoms with Crippen LogP contribution >= 0.6 is 0 Å². The van der Waals surface area contributed by atoms with Gasteiger partial charge in [0.2, 0.25) is 10.0 Å². The summed E-state index contributed by atoms with van der Waals surface area (Å²) >= 11 is 0. The summed E-state index contributed by atoms with van der Waals surface area (Å²) in [6, 6.07) is 6.86. The molecule has 0 atom stereocenters. The molecular formula is C17H24N2O6S. The Kier molecular flexibility index (Phi) is 6.98. The molecule has 0 radical (unpaired) electrons. The van der Waals surface area contributed by atoms with Crippen LogP contribution in [0.15, 0.2) is 24.3 Å². The first-order valence-electron chi connectivity index (χ1n) is 8.46. The number of benzene rings is 1. The lowest BCUT2D eigenvalue weighted by Crippen LogP contribution is -2.41. The average Bonchev–Trinajstić information content (AvgIpc) is 2.65. The molecule has 0 saturated carbocycles. The zero-order chi connectivity index (χ0) is 19.2. The van der Waals surface area contributed by atoms with Gasteiger partial charge in [-0.2, -0.15) is 0 Å². The fourth-order valence-corrected chi connectivity index (χ4v) is 3.84. The maximum absolute atomic E-state index is 12.2. The quantitative estimate of drug-likeness (QED) is 0.658. The van der Waals surface area contributed by atoms with Crippen molar-refractivity contribution in [1.29, 1.82) is 0 Å². The number of esters is 1. The number of nitrogens with zero attached hydrogens (tertiary/aromatic N) is 1. The molecular weight excluding hydrogens is 360 g/mol.